The number of hydrogen-bond donors (Lipinski definition) is 1. The summed E-state index contributed by atoms with van der Waals surface area (Å²) < 4.78 is 12.8. The molecule has 1 aromatic carbocycles. The van der Waals surface area contributed by atoms with Crippen LogP contribution in [-0.2, 0) is 16.1 Å². The molecule has 0 radical (unpaired) electrons. The number of carbonyl (C=O) groups is 2. The molecular weight excluding hydrogens is 213 g/mol. The Morgan fingerprint density at radius 1 is 1.44 bits per heavy atom. The van der Waals surface area contributed by atoms with E-state index in [0.717, 1.165) is 0 Å². The molecule has 86 valence electrons. The lowest BCUT2D eigenvalue weighted by atomic mass is 10.2. The van der Waals surface area contributed by atoms with Crippen LogP contribution >= 0.6 is 0 Å². The summed E-state index contributed by atoms with van der Waals surface area (Å²) in [4.78, 5) is 22.9. The molecule has 1 N–H and O–H groups in total. The van der Waals surface area contributed by atoms with E-state index < -0.39 is 18.3 Å². The Balaban J connectivity index is 2.60. The van der Waals surface area contributed by atoms with Gasteiger partial charge in [0.05, 0.1) is 0 Å². The van der Waals surface area contributed by atoms with Crippen LogP contribution in [0, 0.1) is 5.82 Å². The van der Waals surface area contributed by atoms with Crippen molar-refractivity contribution in [3.63, 3.8) is 0 Å². The van der Waals surface area contributed by atoms with Crippen LogP contribution in [0.5, 0.6) is 0 Å². The minimum atomic E-state index is -1.17. The normalized spacial score (nSPS) is 9.88. The van der Waals surface area contributed by atoms with Crippen molar-refractivity contribution in [3.8, 4) is 0 Å². The van der Waals surface area contributed by atoms with Crippen molar-refractivity contribution in [3.05, 3.63) is 35.6 Å². The highest BCUT2D eigenvalue weighted by Crippen LogP contribution is 2.06. The van der Waals surface area contributed by atoms with Crippen LogP contribution < -0.4 is 0 Å². The van der Waals surface area contributed by atoms with Crippen molar-refractivity contribution < 1.29 is 19.1 Å². The molecule has 5 heteroatoms. The molecule has 0 aliphatic rings. The highest BCUT2D eigenvalue weighted by molar-refractivity contribution is 5.93. The lowest BCUT2D eigenvalue weighted by Gasteiger charge is -2.16. The predicted octanol–water partition coefficient (Wildman–Crippen LogP) is 1.26. The summed E-state index contributed by atoms with van der Waals surface area (Å²) in [6.07, 6.45) is -0.550. The second kappa shape index (κ2) is 5.25. The molecule has 0 unspecified atom stereocenters. The Hall–Kier alpha value is -1.91. The lowest BCUT2D eigenvalue weighted by molar-refractivity contribution is -0.143. The van der Waals surface area contributed by atoms with E-state index in [2.05, 4.69) is 0 Å². The van der Waals surface area contributed by atoms with Crippen molar-refractivity contribution in [1.29, 1.82) is 0 Å². The first-order valence-electron chi connectivity index (χ1n) is 4.69. The Labute approximate surface area is 92.3 Å². The first kappa shape index (κ1) is 12.2. The maximum Gasteiger partial charge on any atom is 0.312 e. The summed E-state index contributed by atoms with van der Waals surface area (Å²) >= 11 is 0. The fourth-order valence-corrected chi connectivity index (χ4v) is 1.26. The first-order chi connectivity index (χ1) is 7.49. The van der Waals surface area contributed by atoms with Gasteiger partial charge in [-0.1, -0.05) is 12.1 Å². The monoisotopic (exact) mass is 225 g/mol. The maximum absolute atomic E-state index is 12.8. The number of nitrogens with zero attached hydrogens (tertiary/aromatic N) is 1. The second-order valence-electron chi connectivity index (χ2n) is 3.45. The second-order valence-corrected chi connectivity index (χ2v) is 3.45. The third-order valence-corrected chi connectivity index (χ3v) is 2.04. The molecule has 0 aliphatic carbocycles. The molecule has 0 spiro atoms. The summed E-state index contributed by atoms with van der Waals surface area (Å²) in [5.74, 6) is -2.05. The van der Waals surface area contributed by atoms with E-state index >= 15 is 0 Å². The Morgan fingerprint density at radius 2 is 2.12 bits per heavy atom. The molecule has 0 saturated heterocycles. The van der Waals surface area contributed by atoms with E-state index in [0.29, 0.717) is 5.56 Å². The predicted molar refractivity (Wildman–Crippen MR) is 55.1 cm³/mol. The summed E-state index contributed by atoms with van der Waals surface area (Å²) in [7, 11) is 1.48. The fourth-order valence-electron chi connectivity index (χ4n) is 1.26. The smallest absolute Gasteiger partial charge is 0.312 e. The highest BCUT2D eigenvalue weighted by atomic mass is 19.1. The molecule has 0 aromatic heterocycles. The number of aliphatic carboxylic acids is 1. The van der Waals surface area contributed by atoms with Crippen LogP contribution in [0.4, 0.5) is 4.39 Å². The number of benzene rings is 1. The van der Waals surface area contributed by atoms with E-state index in [4.69, 9.17) is 5.11 Å². The molecule has 1 aromatic rings. The average molecular weight is 225 g/mol. The molecule has 0 heterocycles. The molecule has 0 aliphatic heterocycles. The number of amides is 1. The molecule has 4 nitrogen and oxygen atoms in total. The first-order valence-corrected chi connectivity index (χ1v) is 4.69. The van der Waals surface area contributed by atoms with Crippen molar-refractivity contribution in [2.75, 3.05) is 7.05 Å². The molecule has 16 heavy (non-hydrogen) atoms. The van der Waals surface area contributed by atoms with Gasteiger partial charge in [0.2, 0.25) is 5.91 Å². The quantitative estimate of drug-likeness (QED) is 0.785. The van der Waals surface area contributed by atoms with Gasteiger partial charge in [0.15, 0.2) is 0 Å². The maximum atomic E-state index is 12.8. The largest absolute Gasteiger partial charge is 0.481 e. The molecule has 0 atom stereocenters. The minimum Gasteiger partial charge on any atom is -0.481 e. The Kier molecular flexibility index (Phi) is 3.99. The van der Waals surface area contributed by atoms with Gasteiger partial charge in [0.1, 0.15) is 12.2 Å². The van der Waals surface area contributed by atoms with Crippen molar-refractivity contribution >= 4 is 11.9 Å². The highest BCUT2D eigenvalue weighted by Gasteiger charge is 2.13. The van der Waals surface area contributed by atoms with E-state index in [1.54, 1.807) is 12.1 Å². The molecule has 0 bridgehead atoms. The van der Waals surface area contributed by atoms with E-state index in [1.807, 2.05) is 0 Å². The van der Waals surface area contributed by atoms with Crippen LogP contribution in [0.2, 0.25) is 0 Å². The van der Waals surface area contributed by atoms with E-state index in [9.17, 15) is 14.0 Å². The molecule has 1 rings (SSSR count). The minimum absolute atomic E-state index is 0.198. The summed E-state index contributed by atoms with van der Waals surface area (Å²) in [6, 6.07) is 5.83. The van der Waals surface area contributed by atoms with Gasteiger partial charge in [0, 0.05) is 13.6 Å². The fraction of sp³-hybridized carbons (Fsp3) is 0.273. The zero-order valence-corrected chi connectivity index (χ0v) is 8.81. The van der Waals surface area contributed by atoms with Crippen LogP contribution in [0.15, 0.2) is 24.3 Å². The van der Waals surface area contributed by atoms with Gasteiger partial charge in [-0.2, -0.15) is 0 Å². The van der Waals surface area contributed by atoms with Crippen LogP contribution in [-0.4, -0.2) is 28.9 Å². The number of carbonyl (C=O) groups excluding carboxylic acids is 1. The standard InChI is InChI=1S/C11H12FNO3/c1-13(10(14)6-11(15)16)7-8-3-2-4-9(12)5-8/h2-5H,6-7H2,1H3,(H,15,16). The van der Waals surface area contributed by atoms with Crippen molar-refractivity contribution in [1.82, 2.24) is 4.90 Å². The topological polar surface area (TPSA) is 57.6 Å². The van der Waals surface area contributed by atoms with Crippen LogP contribution in [0.1, 0.15) is 12.0 Å². The van der Waals surface area contributed by atoms with Crippen molar-refractivity contribution in [2.45, 2.75) is 13.0 Å². The van der Waals surface area contributed by atoms with Crippen LogP contribution in [0.25, 0.3) is 0 Å². The van der Waals surface area contributed by atoms with Gasteiger partial charge >= 0.3 is 5.97 Å². The number of hydrogen-bond acceptors (Lipinski definition) is 2. The molecular formula is C11H12FNO3. The summed E-state index contributed by atoms with van der Waals surface area (Å²) in [6.45, 7) is 0.198. The van der Waals surface area contributed by atoms with Gasteiger partial charge in [0.25, 0.3) is 0 Å². The van der Waals surface area contributed by atoms with Gasteiger partial charge < -0.3 is 10.0 Å². The third kappa shape index (κ3) is 3.68. The summed E-state index contributed by atoms with van der Waals surface area (Å²) in [5, 5.41) is 8.44. The number of carboxylic acids is 1. The SMILES string of the molecule is CN(Cc1cccc(F)c1)C(=O)CC(=O)O. The Morgan fingerprint density at radius 3 is 2.69 bits per heavy atom. The average Bonchev–Trinajstić information content (AvgIpc) is 2.16. The molecule has 0 saturated carbocycles. The Bertz CT molecular complexity index is 406. The van der Waals surface area contributed by atoms with Crippen molar-refractivity contribution in [2.24, 2.45) is 0 Å². The van der Waals surface area contributed by atoms with Gasteiger partial charge in [-0.3, -0.25) is 9.59 Å². The van der Waals surface area contributed by atoms with E-state index in [-0.39, 0.29) is 12.4 Å². The van der Waals surface area contributed by atoms with Gasteiger partial charge in [-0.25, -0.2) is 4.39 Å². The number of carboxylic acid groups (broad SMARTS) is 1. The van der Waals surface area contributed by atoms with Crippen LogP contribution in [0.3, 0.4) is 0 Å². The van der Waals surface area contributed by atoms with Gasteiger partial charge in [-0.15, -0.1) is 0 Å². The number of halogens is 1. The third-order valence-electron chi connectivity index (χ3n) is 2.04. The lowest BCUT2D eigenvalue weighted by Crippen LogP contribution is -2.28. The molecule has 0 fully saturated rings. The zero-order valence-electron chi connectivity index (χ0n) is 8.81. The molecule has 1 amide bonds. The van der Waals surface area contributed by atoms with Gasteiger partial charge in [-0.05, 0) is 17.7 Å². The summed E-state index contributed by atoms with van der Waals surface area (Å²) in [5.41, 5.74) is 0.626. The van der Waals surface area contributed by atoms with E-state index in [1.165, 1.54) is 24.1 Å². The zero-order chi connectivity index (χ0) is 12.1. The number of rotatable bonds is 4.